The third-order valence-electron chi connectivity index (χ3n) is 3.27. The molecule has 0 spiro atoms. The molecule has 3 aromatic rings. The molecular formula is C17H13IN2O. The fourth-order valence-corrected chi connectivity index (χ4v) is 2.86. The Balaban J connectivity index is 1.81. The number of aromatic nitrogens is 1. The molecule has 21 heavy (non-hydrogen) atoms. The van der Waals surface area contributed by atoms with Crippen molar-refractivity contribution in [3.8, 4) is 0 Å². The minimum absolute atomic E-state index is 0.0621. The number of amides is 1. The number of rotatable bonds is 3. The Bertz CT molecular complexity index is 796. The van der Waals surface area contributed by atoms with Gasteiger partial charge in [0.1, 0.15) is 0 Å². The van der Waals surface area contributed by atoms with Crippen molar-refractivity contribution in [2.45, 2.75) is 6.54 Å². The van der Waals surface area contributed by atoms with E-state index >= 15 is 0 Å². The largest absolute Gasteiger partial charge is 0.348 e. The van der Waals surface area contributed by atoms with Gasteiger partial charge in [-0.25, -0.2) is 0 Å². The summed E-state index contributed by atoms with van der Waals surface area (Å²) < 4.78 is 0.948. The Labute approximate surface area is 136 Å². The molecule has 0 bridgehead atoms. The molecule has 0 atom stereocenters. The first-order chi connectivity index (χ1) is 10.3. The summed E-state index contributed by atoms with van der Waals surface area (Å²) in [5.74, 6) is -0.0621. The molecule has 1 N–H and O–H groups in total. The van der Waals surface area contributed by atoms with Gasteiger partial charge in [-0.3, -0.25) is 9.78 Å². The van der Waals surface area contributed by atoms with Crippen LogP contribution >= 0.6 is 22.6 Å². The van der Waals surface area contributed by atoms with E-state index in [2.05, 4.69) is 32.9 Å². The minimum atomic E-state index is -0.0621. The van der Waals surface area contributed by atoms with E-state index in [9.17, 15) is 4.79 Å². The number of fused-ring (bicyclic) bond motifs is 1. The standard InChI is InChI=1S/C17H13IN2O/c18-15-9-2-1-8-14(15)17(21)20-11-13-6-3-5-12-7-4-10-19-16(12)13/h1-10H,11H2,(H,20,21). The van der Waals surface area contributed by atoms with Gasteiger partial charge in [-0.05, 0) is 46.4 Å². The number of benzene rings is 2. The van der Waals surface area contributed by atoms with Crippen molar-refractivity contribution in [1.29, 1.82) is 0 Å². The van der Waals surface area contributed by atoms with Gasteiger partial charge in [-0.15, -0.1) is 0 Å². The van der Waals surface area contributed by atoms with Crippen LogP contribution in [0.4, 0.5) is 0 Å². The van der Waals surface area contributed by atoms with Crippen molar-refractivity contribution in [2.75, 3.05) is 0 Å². The molecule has 4 heteroatoms. The fourth-order valence-electron chi connectivity index (χ4n) is 2.23. The summed E-state index contributed by atoms with van der Waals surface area (Å²) in [5, 5.41) is 4.05. The number of nitrogens with one attached hydrogen (secondary N) is 1. The minimum Gasteiger partial charge on any atom is -0.348 e. The average Bonchev–Trinajstić information content (AvgIpc) is 2.53. The van der Waals surface area contributed by atoms with Gasteiger partial charge >= 0.3 is 0 Å². The smallest absolute Gasteiger partial charge is 0.252 e. The highest BCUT2D eigenvalue weighted by Crippen LogP contribution is 2.16. The lowest BCUT2D eigenvalue weighted by Gasteiger charge is -2.08. The molecule has 0 radical (unpaired) electrons. The number of hydrogen-bond acceptors (Lipinski definition) is 2. The van der Waals surface area contributed by atoms with E-state index in [1.54, 1.807) is 6.20 Å². The van der Waals surface area contributed by atoms with Crippen LogP contribution in [0, 0.1) is 3.57 Å². The van der Waals surface area contributed by atoms with Crippen molar-refractivity contribution in [2.24, 2.45) is 0 Å². The van der Waals surface area contributed by atoms with Crippen LogP contribution in [0.5, 0.6) is 0 Å². The highest BCUT2D eigenvalue weighted by atomic mass is 127. The van der Waals surface area contributed by atoms with Gasteiger partial charge in [0, 0.05) is 21.7 Å². The van der Waals surface area contributed by atoms with Gasteiger partial charge in [-0.2, -0.15) is 0 Å². The van der Waals surface area contributed by atoms with Gasteiger partial charge < -0.3 is 5.32 Å². The Morgan fingerprint density at radius 3 is 2.71 bits per heavy atom. The summed E-state index contributed by atoms with van der Waals surface area (Å²) in [6.07, 6.45) is 1.77. The van der Waals surface area contributed by atoms with Gasteiger partial charge in [0.25, 0.3) is 5.91 Å². The molecule has 0 fully saturated rings. The van der Waals surface area contributed by atoms with Crippen molar-refractivity contribution >= 4 is 39.4 Å². The molecule has 1 amide bonds. The van der Waals surface area contributed by atoms with E-state index in [4.69, 9.17) is 0 Å². The van der Waals surface area contributed by atoms with Crippen LogP contribution in [0.3, 0.4) is 0 Å². The zero-order valence-corrected chi connectivity index (χ0v) is 13.4. The molecule has 2 aromatic carbocycles. The number of para-hydroxylation sites is 1. The fraction of sp³-hybridized carbons (Fsp3) is 0.0588. The molecule has 0 unspecified atom stereocenters. The molecule has 3 nitrogen and oxygen atoms in total. The maximum absolute atomic E-state index is 12.2. The van der Waals surface area contributed by atoms with Gasteiger partial charge in [0.2, 0.25) is 0 Å². The van der Waals surface area contributed by atoms with Gasteiger partial charge in [-0.1, -0.05) is 36.4 Å². The molecular weight excluding hydrogens is 375 g/mol. The normalized spacial score (nSPS) is 10.5. The maximum atomic E-state index is 12.2. The highest BCUT2D eigenvalue weighted by Gasteiger charge is 2.09. The number of hydrogen-bond donors (Lipinski definition) is 1. The van der Waals surface area contributed by atoms with E-state index in [-0.39, 0.29) is 5.91 Å². The van der Waals surface area contributed by atoms with Crippen molar-refractivity contribution in [1.82, 2.24) is 10.3 Å². The lowest BCUT2D eigenvalue weighted by molar-refractivity contribution is 0.0950. The number of halogens is 1. The lowest BCUT2D eigenvalue weighted by atomic mass is 10.1. The first kappa shape index (κ1) is 14.0. The quantitative estimate of drug-likeness (QED) is 0.695. The van der Waals surface area contributed by atoms with Crippen LogP contribution in [-0.4, -0.2) is 10.9 Å². The number of carbonyl (C=O) groups excluding carboxylic acids is 1. The third kappa shape index (κ3) is 3.05. The molecule has 0 aliphatic carbocycles. The third-order valence-corrected chi connectivity index (χ3v) is 4.21. The SMILES string of the molecule is O=C(NCc1cccc2cccnc12)c1ccccc1I. The second kappa shape index (κ2) is 6.22. The predicted molar refractivity (Wildman–Crippen MR) is 92.1 cm³/mol. The molecule has 0 saturated carbocycles. The summed E-state index contributed by atoms with van der Waals surface area (Å²) in [7, 11) is 0. The van der Waals surface area contributed by atoms with Crippen LogP contribution in [0.1, 0.15) is 15.9 Å². The lowest BCUT2D eigenvalue weighted by Crippen LogP contribution is -2.23. The Hall–Kier alpha value is -1.95. The summed E-state index contributed by atoms with van der Waals surface area (Å²) in [4.78, 5) is 16.6. The number of carbonyl (C=O) groups is 1. The summed E-state index contributed by atoms with van der Waals surface area (Å²) in [5.41, 5.74) is 2.65. The van der Waals surface area contributed by atoms with E-state index in [1.807, 2.05) is 54.6 Å². The van der Waals surface area contributed by atoms with E-state index in [1.165, 1.54) is 0 Å². The second-order valence-corrected chi connectivity index (χ2v) is 5.82. The van der Waals surface area contributed by atoms with Crippen LogP contribution < -0.4 is 5.32 Å². The molecule has 0 saturated heterocycles. The van der Waals surface area contributed by atoms with Crippen molar-refractivity contribution in [3.05, 3.63) is 75.5 Å². The van der Waals surface area contributed by atoms with E-state index in [0.717, 1.165) is 20.0 Å². The van der Waals surface area contributed by atoms with Crippen LogP contribution in [0.15, 0.2) is 60.8 Å². The van der Waals surface area contributed by atoms with Crippen LogP contribution in [-0.2, 0) is 6.54 Å². The molecule has 0 aliphatic heterocycles. The molecule has 0 aliphatic rings. The maximum Gasteiger partial charge on any atom is 0.252 e. The van der Waals surface area contributed by atoms with E-state index < -0.39 is 0 Å². The molecule has 1 aromatic heterocycles. The Morgan fingerprint density at radius 1 is 1.05 bits per heavy atom. The first-order valence-electron chi connectivity index (χ1n) is 6.61. The Morgan fingerprint density at radius 2 is 1.86 bits per heavy atom. The van der Waals surface area contributed by atoms with Crippen molar-refractivity contribution in [3.63, 3.8) is 0 Å². The number of pyridine rings is 1. The molecule has 3 rings (SSSR count). The topological polar surface area (TPSA) is 42.0 Å². The average molecular weight is 388 g/mol. The zero-order valence-electron chi connectivity index (χ0n) is 11.2. The predicted octanol–water partition coefficient (Wildman–Crippen LogP) is 3.77. The Kier molecular flexibility index (Phi) is 4.15. The summed E-state index contributed by atoms with van der Waals surface area (Å²) in [6, 6.07) is 17.5. The number of nitrogens with zero attached hydrogens (tertiary/aromatic N) is 1. The van der Waals surface area contributed by atoms with E-state index in [0.29, 0.717) is 12.1 Å². The van der Waals surface area contributed by atoms with Crippen LogP contribution in [0.25, 0.3) is 10.9 Å². The van der Waals surface area contributed by atoms with Crippen LogP contribution in [0.2, 0.25) is 0 Å². The summed E-state index contributed by atoms with van der Waals surface area (Å²) >= 11 is 2.17. The van der Waals surface area contributed by atoms with Gasteiger partial charge in [0.05, 0.1) is 11.1 Å². The molecule has 104 valence electrons. The first-order valence-corrected chi connectivity index (χ1v) is 7.69. The zero-order chi connectivity index (χ0) is 14.7. The highest BCUT2D eigenvalue weighted by molar-refractivity contribution is 14.1. The van der Waals surface area contributed by atoms with Crippen molar-refractivity contribution < 1.29 is 4.79 Å². The second-order valence-electron chi connectivity index (χ2n) is 4.65. The summed E-state index contributed by atoms with van der Waals surface area (Å²) in [6.45, 7) is 0.470. The monoisotopic (exact) mass is 388 g/mol. The molecule has 1 heterocycles. The van der Waals surface area contributed by atoms with Gasteiger partial charge in [0.15, 0.2) is 0 Å².